The lowest BCUT2D eigenvalue weighted by molar-refractivity contribution is -0.385. The lowest BCUT2D eigenvalue weighted by Crippen LogP contribution is -2.36. The quantitative estimate of drug-likeness (QED) is 0.677. The summed E-state index contributed by atoms with van der Waals surface area (Å²) >= 11 is 0. The number of carboxylic acids is 1. The first-order chi connectivity index (χ1) is 10.0. The smallest absolute Gasteiger partial charge is 0.339 e. The first-order valence-corrected chi connectivity index (χ1v) is 7.19. The van der Waals surface area contributed by atoms with Crippen molar-refractivity contribution < 1.29 is 14.8 Å². The highest BCUT2D eigenvalue weighted by Crippen LogP contribution is 2.29. The molecule has 1 fully saturated rings. The number of carbonyl (C=O) groups is 1. The number of hydrogen-bond acceptors (Lipinski definition) is 5. The fourth-order valence-electron chi connectivity index (χ4n) is 2.81. The van der Waals surface area contributed by atoms with Crippen LogP contribution in [0, 0.1) is 10.1 Å². The van der Waals surface area contributed by atoms with Gasteiger partial charge in [0.15, 0.2) is 0 Å². The molecule has 1 saturated heterocycles. The van der Waals surface area contributed by atoms with E-state index in [1.807, 2.05) is 4.90 Å². The van der Waals surface area contributed by atoms with Crippen LogP contribution < -0.4 is 4.90 Å². The van der Waals surface area contributed by atoms with Gasteiger partial charge in [0.25, 0.3) is 5.69 Å². The molecule has 1 aromatic rings. The van der Waals surface area contributed by atoms with Crippen molar-refractivity contribution >= 4 is 17.5 Å². The Morgan fingerprint density at radius 2 is 2.29 bits per heavy atom. The molecule has 1 aromatic heterocycles. The number of aromatic nitrogens is 1. The maximum absolute atomic E-state index is 11.4. The van der Waals surface area contributed by atoms with Gasteiger partial charge in [0, 0.05) is 18.7 Å². The summed E-state index contributed by atoms with van der Waals surface area (Å²) in [6.07, 6.45) is 6.24. The molecule has 0 saturated carbocycles. The molecule has 114 valence electrons. The first kappa shape index (κ1) is 15.2. The molecule has 2 rings (SSSR count). The maximum atomic E-state index is 11.4. The molecule has 7 nitrogen and oxygen atoms in total. The third kappa shape index (κ3) is 3.29. The Hall–Kier alpha value is -2.18. The summed E-state index contributed by atoms with van der Waals surface area (Å²) in [7, 11) is 0. The van der Waals surface area contributed by atoms with Gasteiger partial charge >= 0.3 is 5.97 Å². The van der Waals surface area contributed by atoms with Crippen molar-refractivity contribution in [1.29, 1.82) is 0 Å². The van der Waals surface area contributed by atoms with Gasteiger partial charge in [-0.05, 0) is 19.3 Å². The molecule has 0 radical (unpaired) electrons. The van der Waals surface area contributed by atoms with E-state index in [0.29, 0.717) is 5.82 Å². The number of anilines is 1. The second-order valence-corrected chi connectivity index (χ2v) is 5.23. The molecule has 0 bridgehead atoms. The molecule has 1 atom stereocenters. The zero-order valence-electron chi connectivity index (χ0n) is 12.0. The van der Waals surface area contributed by atoms with Gasteiger partial charge in [-0.25, -0.2) is 9.78 Å². The predicted octanol–water partition coefficient (Wildman–Crippen LogP) is 2.85. The molecule has 1 N–H and O–H groups in total. The van der Waals surface area contributed by atoms with Gasteiger partial charge < -0.3 is 10.0 Å². The van der Waals surface area contributed by atoms with E-state index in [4.69, 9.17) is 0 Å². The lowest BCUT2D eigenvalue weighted by Gasteiger charge is -2.31. The second-order valence-electron chi connectivity index (χ2n) is 5.23. The van der Waals surface area contributed by atoms with Crippen molar-refractivity contribution in [2.75, 3.05) is 11.4 Å². The number of hydrogen-bond donors (Lipinski definition) is 1. The Bertz CT molecular complexity index is 547. The minimum atomic E-state index is -1.18. The third-order valence-corrected chi connectivity index (χ3v) is 3.91. The highest BCUT2D eigenvalue weighted by molar-refractivity contribution is 5.94. The van der Waals surface area contributed by atoms with Crippen LogP contribution in [0.25, 0.3) is 0 Å². The van der Waals surface area contributed by atoms with Crippen LogP contribution in [0.5, 0.6) is 0 Å². The Kier molecular flexibility index (Phi) is 4.72. The standard InChI is InChI=1S/C14H19N3O4/c1-2-10-6-4-3-5-7-16(10)13-12(14(18)19)8-11(9-15-13)17(20)21/h8-10H,2-7H2,1H3,(H,18,19). The maximum Gasteiger partial charge on any atom is 0.339 e. The monoisotopic (exact) mass is 293 g/mol. The van der Waals surface area contributed by atoms with Crippen molar-refractivity contribution in [3.63, 3.8) is 0 Å². The summed E-state index contributed by atoms with van der Waals surface area (Å²) in [4.78, 5) is 27.7. The third-order valence-electron chi connectivity index (χ3n) is 3.91. The number of nitro groups is 1. The summed E-state index contributed by atoms with van der Waals surface area (Å²) in [6, 6.07) is 1.34. The summed E-state index contributed by atoms with van der Waals surface area (Å²) in [5.41, 5.74) is -0.386. The number of pyridine rings is 1. The van der Waals surface area contributed by atoms with Crippen molar-refractivity contribution in [1.82, 2.24) is 4.98 Å². The van der Waals surface area contributed by atoms with E-state index < -0.39 is 10.9 Å². The van der Waals surface area contributed by atoms with Crippen LogP contribution in [0.4, 0.5) is 11.5 Å². The molecule has 0 aromatic carbocycles. The molecule has 1 unspecified atom stereocenters. The zero-order valence-corrected chi connectivity index (χ0v) is 12.0. The SMILES string of the molecule is CCC1CCCCCN1c1ncc([N+](=O)[O-])cc1C(=O)O. The van der Waals surface area contributed by atoms with Gasteiger partial charge in [-0.15, -0.1) is 0 Å². The van der Waals surface area contributed by atoms with Crippen LogP contribution >= 0.6 is 0 Å². The molecule has 21 heavy (non-hydrogen) atoms. The minimum Gasteiger partial charge on any atom is -0.478 e. The average molecular weight is 293 g/mol. The van der Waals surface area contributed by atoms with Gasteiger partial charge in [-0.3, -0.25) is 10.1 Å². The molecule has 1 aliphatic rings. The van der Waals surface area contributed by atoms with E-state index in [9.17, 15) is 20.0 Å². The van der Waals surface area contributed by atoms with Gasteiger partial charge in [0.05, 0.1) is 4.92 Å². The zero-order chi connectivity index (χ0) is 15.4. The molecule has 0 amide bonds. The molecule has 0 aliphatic carbocycles. The highest BCUT2D eigenvalue weighted by atomic mass is 16.6. The normalized spacial score (nSPS) is 19.1. The summed E-state index contributed by atoms with van der Waals surface area (Å²) in [5.74, 6) is -0.831. The Labute approximate surface area is 122 Å². The van der Waals surface area contributed by atoms with Crippen molar-refractivity contribution in [3.05, 3.63) is 27.9 Å². The van der Waals surface area contributed by atoms with E-state index in [1.165, 1.54) is 0 Å². The van der Waals surface area contributed by atoms with E-state index in [1.54, 1.807) is 0 Å². The van der Waals surface area contributed by atoms with Crippen molar-refractivity contribution in [2.24, 2.45) is 0 Å². The Balaban J connectivity index is 2.45. The number of nitrogens with zero attached hydrogens (tertiary/aromatic N) is 3. The summed E-state index contributed by atoms with van der Waals surface area (Å²) in [6.45, 7) is 2.80. The number of rotatable bonds is 4. The predicted molar refractivity (Wildman–Crippen MR) is 77.7 cm³/mol. The van der Waals surface area contributed by atoms with E-state index in [2.05, 4.69) is 11.9 Å². The van der Waals surface area contributed by atoms with Crippen LogP contribution in [-0.4, -0.2) is 33.6 Å². The molecule has 7 heteroatoms. The van der Waals surface area contributed by atoms with Gasteiger partial charge in [0.1, 0.15) is 17.6 Å². The first-order valence-electron chi connectivity index (χ1n) is 7.19. The van der Waals surface area contributed by atoms with Crippen LogP contribution in [0.3, 0.4) is 0 Å². The molecule has 2 heterocycles. The number of carboxylic acid groups (broad SMARTS) is 1. The average Bonchev–Trinajstić information content (AvgIpc) is 2.71. The Morgan fingerprint density at radius 1 is 1.52 bits per heavy atom. The van der Waals surface area contributed by atoms with E-state index >= 15 is 0 Å². The fraction of sp³-hybridized carbons (Fsp3) is 0.571. The van der Waals surface area contributed by atoms with E-state index in [0.717, 1.165) is 50.9 Å². The van der Waals surface area contributed by atoms with Crippen molar-refractivity contribution in [2.45, 2.75) is 45.1 Å². The van der Waals surface area contributed by atoms with Gasteiger partial charge in [-0.1, -0.05) is 19.8 Å². The lowest BCUT2D eigenvalue weighted by atomic mass is 10.1. The van der Waals surface area contributed by atoms with Crippen molar-refractivity contribution in [3.8, 4) is 0 Å². The molecular weight excluding hydrogens is 274 g/mol. The van der Waals surface area contributed by atoms with E-state index in [-0.39, 0.29) is 17.3 Å². The van der Waals surface area contributed by atoms with Crippen LogP contribution in [0.2, 0.25) is 0 Å². The number of aromatic carboxylic acids is 1. The summed E-state index contributed by atoms with van der Waals surface area (Å²) < 4.78 is 0. The largest absolute Gasteiger partial charge is 0.478 e. The highest BCUT2D eigenvalue weighted by Gasteiger charge is 2.26. The molecule has 1 aliphatic heterocycles. The summed E-state index contributed by atoms with van der Waals surface area (Å²) in [5, 5.41) is 20.1. The molecular formula is C14H19N3O4. The van der Waals surface area contributed by atoms with Gasteiger partial charge in [0.2, 0.25) is 0 Å². The van der Waals surface area contributed by atoms with Crippen LogP contribution in [0.15, 0.2) is 12.3 Å². The Morgan fingerprint density at radius 3 is 2.90 bits per heavy atom. The second kappa shape index (κ2) is 6.51. The van der Waals surface area contributed by atoms with Gasteiger partial charge in [-0.2, -0.15) is 0 Å². The van der Waals surface area contributed by atoms with Crippen LogP contribution in [0.1, 0.15) is 49.4 Å². The topological polar surface area (TPSA) is 96.6 Å². The molecule has 0 spiro atoms. The fourth-order valence-corrected chi connectivity index (χ4v) is 2.81. The minimum absolute atomic E-state index is 0.0930. The van der Waals surface area contributed by atoms with Crippen LogP contribution in [-0.2, 0) is 0 Å².